The lowest BCUT2D eigenvalue weighted by Crippen LogP contribution is -2.42. The molecule has 0 saturated carbocycles. The summed E-state index contributed by atoms with van der Waals surface area (Å²) in [6.07, 6.45) is 1.13. The molecule has 34 heavy (non-hydrogen) atoms. The van der Waals surface area contributed by atoms with Crippen LogP contribution >= 0.6 is 0 Å². The van der Waals surface area contributed by atoms with E-state index in [2.05, 4.69) is 34.9 Å². The van der Waals surface area contributed by atoms with Gasteiger partial charge in [0.25, 0.3) is 0 Å². The summed E-state index contributed by atoms with van der Waals surface area (Å²) in [6, 6.07) is 16.3. The van der Waals surface area contributed by atoms with Crippen molar-refractivity contribution in [1.29, 1.82) is 0 Å². The van der Waals surface area contributed by atoms with E-state index in [-0.39, 0.29) is 31.5 Å². The second-order valence-electron chi connectivity index (χ2n) is 9.42. The van der Waals surface area contributed by atoms with E-state index >= 15 is 0 Å². The molecule has 0 saturated heterocycles. The van der Waals surface area contributed by atoms with Crippen molar-refractivity contribution in [2.45, 2.75) is 46.0 Å². The van der Waals surface area contributed by atoms with Crippen LogP contribution in [-0.4, -0.2) is 42.8 Å². The summed E-state index contributed by atoms with van der Waals surface area (Å²) in [5.74, 6) is -1.74. The Morgan fingerprint density at radius 2 is 1.59 bits per heavy atom. The number of amides is 2. The van der Waals surface area contributed by atoms with Gasteiger partial charge in [0, 0.05) is 24.4 Å². The summed E-state index contributed by atoms with van der Waals surface area (Å²) in [4.78, 5) is 36.2. The zero-order valence-electron chi connectivity index (χ0n) is 20.1. The molecule has 0 fully saturated rings. The van der Waals surface area contributed by atoms with E-state index in [9.17, 15) is 19.5 Å². The third-order valence-corrected chi connectivity index (χ3v) is 6.47. The number of ether oxygens (including phenoxy) is 1. The highest BCUT2D eigenvalue weighted by atomic mass is 16.5. The molecule has 0 radical (unpaired) electrons. The van der Waals surface area contributed by atoms with Crippen LogP contribution in [0.5, 0.6) is 0 Å². The van der Waals surface area contributed by atoms with Gasteiger partial charge < -0.3 is 20.5 Å². The van der Waals surface area contributed by atoms with Gasteiger partial charge in [-0.3, -0.25) is 9.59 Å². The summed E-state index contributed by atoms with van der Waals surface area (Å²) < 4.78 is 5.53. The largest absolute Gasteiger partial charge is 0.481 e. The highest BCUT2D eigenvalue weighted by Gasteiger charge is 2.30. The van der Waals surface area contributed by atoms with Crippen LogP contribution in [-0.2, 0) is 14.3 Å². The molecule has 2 amide bonds. The molecule has 182 valence electrons. The SMILES string of the molecule is CCCC(CNC(=O)C(C)(C)CCNC(=O)OCC1c2ccccc2-c2ccccc21)C(=O)O. The Labute approximate surface area is 200 Å². The Morgan fingerprint density at radius 1 is 1.00 bits per heavy atom. The third-order valence-electron chi connectivity index (χ3n) is 6.47. The second-order valence-corrected chi connectivity index (χ2v) is 9.42. The molecule has 7 nitrogen and oxygen atoms in total. The first-order valence-corrected chi connectivity index (χ1v) is 11.8. The highest BCUT2D eigenvalue weighted by molar-refractivity contribution is 5.82. The van der Waals surface area contributed by atoms with Crippen molar-refractivity contribution in [1.82, 2.24) is 10.6 Å². The number of nitrogens with one attached hydrogen (secondary N) is 2. The van der Waals surface area contributed by atoms with Crippen LogP contribution in [0.3, 0.4) is 0 Å². The van der Waals surface area contributed by atoms with Crippen molar-refractivity contribution >= 4 is 18.0 Å². The molecule has 0 aliphatic heterocycles. The zero-order valence-corrected chi connectivity index (χ0v) is 20.1. The third kappa shape index (κ3) is 5.95. The molecule has 1 aliphatic rings. The normalized spacial score (nSPS) is 13.5. The van der Waals surface area contributed by atoms with Gasteiger partial charge in [-0.25, -0.2) is 4.79 Å². The Bertz CT molecular complexity index is 988. The van der Waals surface area contributed by atoms with Gasteiger partial charge in [-0.05, 0) is 35.1 Å². The van der Waals surface area contributed by atoms with Gasteiger partial charge in [0.05, 0.1) is 5.92 Å². The number of aliphatic carboxylic acids is 1. The van der Waals surface area contributed by atoms with Gasteiger partial charge in [0.15, 0.2) is 0 Å². The molecule has 1 aliphatic carbocycles. The molecule has 0 heterocycles. The van der Waals surface area contributed by atoms with Gasteiger partial charge in [-0.15, -0.1) is 0 Å². The maximum absolute atomic E-state index is 12.6. The first kappa shape index (κ1) is 25.3. The highest BCUT2D eigenvalue weighted by Crippen LogP contribution is 2.44. The van der Waals surface area contributed by atoms with Crippen LogP contribution in [0, 0.1) is 11.3 Å². The summed E-state index contributed by atoms with van der Waals surface area (Å²) in [5, 5.41) is 14.7. The predicted octanol–water partition coefficient (Wildman–Crippen LogP) is 4.56. The van der Waals surface area contributed by atoms with Crippen molar-refractivity contribution < 1.29 is 24.2 Å². The first-order chi connectivity index (χ1) is 16.2. The van der Waals surface area contributed by atoms with E-state index in [1.165, 1.54) is 11.1 Å². The van der Waals surface area contributed by atoms with Gasteiger partial charge in [0.2, 0.25) is 5.91 Å². The Balaban J connectivity index is 1.46. The number of hydrogen-bond acceptors (Lipinski definition) is 4. The topological polar surface area (TPSA) is 105 Å². The lowest BCUT2D eigenvalue weighted by molar-refractivity contribution is -0.142. The Morgan fingerprint density at radius 3 is 2.15 bits per heavy atom. The Hall–Kier alpha value is -3.35. The smallest absolute Gasteiger partial charge is 0.407 e. The van der Waals surface area contributed by atoms with Crippen LogP contribution in [0.15, 0.2) is 48.5 Å². The van der Waals surface area contributed by atoms with Crippen molar-refractivity contribution in [3.63, 3.8) is 0 Å². The molecule has 3 rings (SSSR count). The molecular formula is C27H34N2O5. The Kier molecular flexibility index (Phi) is 8.31. The number of carbonyl (C=O) groups excluding carboxylic acids is 2. The van der Waals surface area contributed by atoms with Gasteiger partial charge >= 0.3 is 12.1 Å². The lowest BCUT2D eigenvalue weighted by atomic mass is 9.88. The molecule has 1 unspecified atom stereocenters. The van der Waals surface area contributed by atoms with Gasteiger partial charge in [-0.2, -0.15) is 0 Å². The number of alkyl carbamates (subject to hydrolysis) is 1. The lowest BCUT2D eigenvalue weighted by Gasteiger charge is -2.24. The molecule has 0 spiro atoms. The molecule has 1 atom stereocenters. The van der Waals surface area contributed by atoms with E-state index in [4.69, 9.17) is 4.74 Å². The van der Waals surface area contributed by atoms with Crippen LogP contribution in [0.25, 0.3) is 11.1 Å². The fraction of sp³-hybridized carbons (Fsp3) is 0.444. The zero-order chi connectivity index (χ0) is 24.7. The van der Waals surface area contributed by atoms with Crippen molar-refractivity contribution in [2.24, 2.45) is 11.3 Å². The van der Waals surface area contributed by atoms with E-state index in [0.717, 1.165) is 17.5 Å². The maximum atomic E-state index is 12.6. The van der Waals surface area contributed by atoms with Crippen LogP contribution in [0.2, 0.25) is 0 Å². The van der Waals surface area contributed by atoms with Crippen molar-refractivity contribution in [2.75, 3.05) is 19.7 Å². The molecule has 0 aromatic heterocycles. The minimum Gasteiger partial charge on any atom is -0.481 e. The standard InChI is InChI=1S/C27H34N2O5/c1-4-9-18(24(30)31)16-29-25(32)27(2,3)14-15-28-26(33)34-17-23-21-12-7-5-10-19(21)20-11-6-8-13-22(20)23/h5-8,10-13,18,23H,4,9,14-17H2,1-3H3,(H,28,33)(H,29,32)(H,30,31). The van der Waals surface area contributed by atoms with Crippen LogP contribution in [0.4, 0.5) is 4.79 Å². The number of hydrogen-bond donors (Lipinski definition) is 3. The van der Waals surface area contributed by atoms with Crippen molar-refractivity contribution in [3.8, 4) is 11.1 Å². The quantitative estimate of drug-likeness (QED) is 0.450. The number of carbonyl (C=O) groups is 3. The average molecular weight is 467 g/mol. The molecule has 0 bridgehead atoms. The first-order valence-electron chi connectivity index (χ1n) is 11.8. The van der Waals surface area contributed by atoms with Crippen LogP contribution < -0.4 is 10.6 Å². The second kappa shape index (κ2) is 11.2. The number of benzene rings is 2. The minimum atomic E-state index is -0.906. The minimum absolute atomic E-state index is 0.00864. The molecule has 2 aromatic carbocycles. The molecule has 3 N–H and O–H groups in total. The van der Waals surface area contributed by atoms with Gasteiger partial charge in [0.1, 0.15) is 6.61 Å². The number of rotatable bonds is 11. The summed E-state index contributed by atoms with van der Waals surface area (Å²) >= 11 is 0. The fourth-order valence-corrected chi connectivity index (χ4v) is 4.36. The van der Waals surface area contributed by atoms with Gasteiger partial charge in [-0.1, -0.05) is 75.7 Å². The number of carboxylic acid groups (broad SMARTS) is 1. The summed E-state index contributed by atoms with van der Waals surface area (Å²) in [6.45, 7) is 6.07. The summed E-state index contributed by atoms with van der Waals surface area (Å²) in [5.41, 5.74) is 3.88. The van der Waals surface area contributed by atoms with E-state index in [1.54, 1.807) is 13.8 Å². The van der Waals surface area contributed by atoms with E-state index in [1.807, 2.05) is 31.2 Å². The maximum Gasteiger partial charge on any atom is 0.407 e. The average Bonchev–Trinajstić information content (AvgIpc) is 3.13. The monoisotopic (exact) mass is 466 g/mol. The predicted molar refractivity (Wildman–Crippen MR) is 131 cm³/mol. The molecule has 2 aromatic rings. The summed E-state index contributed by atoms with van der Waals surface area (Å²) in [7, 11) is 0. The number of fused-ring (bicyclic) bond motifs is 3. The van der Waals surface area contributed by atoms with E-state index < -0.39 is 23.4 Å². The molecule has 7 heteroatoms. The van der Waals surface area contributed by atoms with Crippen molar-refractivity contribution in [3.05, 3.63) is 59.7 Å². The number of carboxylic acids is 1. The van der Waals surface area contributed by atoms with Crippen LogP contribution in [0.1, 0.15) is 57.1 Å². The van der Waals surface area contributed by atoms with E-state index in [0.29, 0.717) is 12.8 Å². The fourth-order valence-electron chi connectivity index (χ4n) is 4.36. The molecular weight excluding hydrogens is 432 g/mol.